The maximum atomic E-state index is 6.77. The highest BCUT2D eigenvalue weighted by Gasteiger charge is 2.47. The van der Waals surface area contributed by atoms with Gasteiger partial charge in [-0.3, -0.25) is 5.32 Å². The van der Waals surface area contributed by atoms with Crippen molar-refractivity contribution in [3.05, 3.63) is 63.6 Å². The van der Waals surface area contributed by atoms with Gasteiger partial charge in [-0.25, -0.2) is 0 Å². The Morgan fingerprint density at radius 2 is 1.67 bits per heavy atom. The molecule has 1 saturated heterocycles. The minimum Gasteiger partial charge on any atom is -0.497 e. The summed E-state index contributed by atoms with van der Waals surface area (Å²) >= 11 is 12.9. The number of methoxy groups -OCH3 is 1. The molecule has 2 aromatic carbocycles. The van der Waals surface area contributed by atoms with Crippen LogP contribution in [-0.4, -0.2) is 19.3 Å². The van der Waals surface area contributed by atoms with E-state index < -0.39 is 0 Å². The van der Waals surface area contributed by atoms with Crippen molar-refractivity contribution >= 4 is 23.2 Å². The molecule has 0 aromatic heterocycles. The van der Waals surface area contributed by atoms with Gasteiger partial charge >= 0.3 is 0 Å². The number of ether oxygens (including phenoxy) is 2. The maximum absolute atomic E-state index is 6.77. The fourth-order valence-corrected chi connectivity index (χ4v) is 5.16. The lowest BCUT2D eigenvalue weighted by atomic mass is 9.71. The molecule has 2 aliphatic rings. The molecular weight excluding hydrogens is 381 g/mol. The Morgan fingerprint density at radius 3 is 2.30 bits per heavy atom. The fraction of sp³-hybridized carbons (Fsp3) is 0.455. The monoisotopic (exact) mass is 405 g/mol. The minimum absolute atomic E-state index is 0.189. The van der Waals surface area contributed by atoms with Crippen LogP contribution in [0.3, 0.4) is 0 Å². The summed E-state index contributed by atoms with van der Waals surface area (Å²) in [5.41, 5.74) is 1.94. The molecule has 1 N–H and O–H groups in total. The first-order chi connectivity index (χ1) is 13.1. The van der Waals surface area contributed by atoms with Crippen LogP contribution in [0.5, 0.6) is 5.75 Å². The Kier molecular flexibility index (Phi) is 5.65. The van der Waals surface area contributed by atoms with Crippen LogP contribution in [0.2, 0.25) is 10.0 Å². The van der Waals surface area contributed by atoms with Crippen molar-refractivity contribution < 1.29 is 9.47 Å². The molecule has 1 saturated carbocycles. The molecule has 0 radical (unpaired) electrons. The number of rotatable bonds is 3. The Bertz CT molecular complexity index is 767. The zero-order chi connectivity index (χ0) is 18.9. The lowest BCUT2D eigenvalue weighted by Gasteiger charge is -2.50. The summed E-state index contributed by atoms with van der Waals surface area (Å²) in [6, 6.07) is 14.0. The molecule has 144 valence electrons. The van der Waals surface area contributed by atoms with Crippen molar-refractivity contribution in [2.45, 2.75) is 49.9 Å². The predicted octanol–water partition coefficient (Wildman–Crippen LogP) is 6.11. The van der Waals surface area contributed by atoms with Crippen LogP contribution in [0.1, 0.15) is 55.4 Å². The van der Waals surface area contributed by atoms with E-state index in [0.717, 1.165) is 30.7 Å². The lowest BCUT2D eigenvalue weighted by molar-refractivity contribution is -0.168. The van der Waals surface area contributed by atoms with Crippen LogP contribution in [0.4, 0.5) is 0 Å². The molecule has 0 amide bonds. The Hall–Kier alpha value is -1.26. The molecule has 2 fully saturated rings. The molecular formula is C22H25Cl2NO2. The van der Waals surface area contributed by atoms with E-state index in [9.17, 15) is 0 Å². The van der Waals surface area contributed by atoms with Gasteiger partial charge in [-0.05, 0) is 42.7 Å². The largest absolute Gasteiger partial charge is 0.497 e. The van der Waals surface area contributed by atoms with E-state index in [0.29, 0.717) is 16.0 Å². The van der Waals surface area contributed by atoms with E-state index >= 15 is 0 Å². The SMILES string of the molecule is COc1ccc(C2CNC(c3c(Cl)cccc3Cl)OC23CCCCC3)cc1. The summed E-state index contributed by atoms with van der Waals surface area (Å²) in [6.45, 7) is 0.832. The van der Waals surface area contributed by atoms with Crippen LogP contribution in [0.25, 0.3) is 0 Å². The predicted molar refractivity (Wildman–Crippen MR) is 110 cm³/mol. The average molecular weight is 406 g/mol. The van der Waals surface area contributed by atoms with Crippen LogP contribution in [0.15, 0.2) is 42.5 Å². The molecule has 2 aromatic rings. The Labute approximate surface area is 171 Å². The van der Waals surface area contributed by atoms with Crippen molar-refractivity contribution in [2.75, 3.05) is 13.7 Å². The first-order valence-electron chi connectivity index (χ1n) is 9.62. The summed E-state index contributed by atoms with van der Waals surface area (Å²) in [5.74, 6) is 1.17. The minimum atomic E-state index is -0.279. The molecule has 1 heterocycles. The number of hydrogen-bond donors (Lipinski definition) is 1. The quantitative estimate of drug-likeness (QED) is 0.668. The first kappa shape index (κ1) is 19.1. The lowest BCUT2D eigenvalue weighted by Crippen LogP contribution is -2.53. The van der Waals surface area contributed by atoms with Gasteiger partial charge < -0.3 is 9.47 Å². The molecule has 5 heteroatoms. The van der Waals surface area contributed by atoms with Gasteiger partial charge in [0.15, 0.2) is 0 Å². The second-order valence-electron chi connectivity index (χ2n) is 7.49. The topological polar surface area (TPSA) is 30.5 Å². The van der Waals surface area contributed by atoms with E-state index in [1.807, 2.05) is 30.3 Å². The van der Waals surface area contributed by atoms with Crippen LogP contribution in [-0.2, 0) is 4.74 Å². The zero-order valence-electron chi connectivity index (χ0n) is 15.5. The van der Waals surface area contributed by atoms with Crippen LogP contribution < -0.4 is 10.1 Å². The number of nitrogens with one attached hydrogen (secondary N) is 1. The first-order valence-corrected chi connectivity index (χ1v) is 10.4. The summed E-state index contributed by atoms with van der Waals surface area (Å²) < 4.78 is 12.1. The molecule has 0 bridgehead atoms. The maximum Gasteiger partial charge on any atom is 0.138 e. The Balaban J connectivity index is 1.67. The van der Waals surface area contributed by atoms with Crippen LogP contribution >= 0.6 is 23.2 Å². The number of benzene rings is 2. The van der Waals surface area contributed by atoms with E-state index in [-0.39, 0.29) is 11.8 Å². The van der Waals surface area contributed by atoms with Crippen molar-refractivity contribution in [3.8, 4) is 5.75 Å². The third-order valence-corrected chi connectivity index (χ3v) is 6.63. The molecule has 1 aliphatic heterocycles. The number of hydrogen-bond acceptors (Lipinski definition) is 3. The molecule has 4 rings (SSSR count). The summed E-state index contributed by atoms with van der Waals surface area (Å²) in [5, 5.41) is 4.84. The summed E-state index contributed by atoms with van der Waals surface area (Å²) in [4.78, 5) is 0. The highest BCUT2D eigenvalue weighted by atomic mass is 35.5. The van der Waals surface area contributed by atoms with Crippen molar-refractivity contribution in [1.29, 1.82) is 0 Å². The molecule has 2 unspecified atom stereocenters. The molecule has 27 heavy (non-hydrogen) atoms. The van der Waals surface area contributed by atoms with Crippen molar-refractivity contribution in [1.82, 2.24) is 5.32 Å². The van der Waals surface area contributed by atoms with E-state index in [4.69, 9.17) is 32.7 Å². The standard InChI is InChI=1S/C22H25Cl2NO2/c1-26-16-10-8-15(9-11-16)17-14-25-21(20-18(23)6-5-7-19(20)24)27-22(17)12-3-2-4-13-22/h5-11,17,21,25H,2-4,12-14H2,1H3. The van der Waals surface area contributed by atoms with E-state index in [2.05, 4.69) is 17.4 Å². The van der Waals surface area contributed by atoms with Gasteiger partial charge in [0.1, 0.15) is 12.0 Å². The molecule has 1 aliphatic carbocycles. The van der Waals surface area contributed by atoms with Gasteiger partial charge in [0, 0.05) is 28.1 Å². The van der Waals surface area contributed by atoms with Gasteiger partial charge in [-0.15, -0.1) is 0 Å². The van der Waals surface area contributed by atoms with Gasteiger partial charge in [0.2, 0.25) is 0 Å². The average Bonchev–Trinajstić information content (AvgIpc) is 2.69. The molecule has 3 nitrogen and oxygen atoms in total. The van der Waals surface area contributed by atoms with Crippen molar-refractivity contribution in [3.63, 3.8) is 0 Å². The smallest absolute Gasteiger partial charge is 0.138 e. The van der Waals surface area contributed by atoms with Gasteiger partial charge in [-0.1, -0.05) is 60.7 Å². The second-order valence-corrected chi connectivity index (χ2v) is 8.31. The highest BCUT2D eigenvalue weighted by molar-refractivity contribution is 6.36. The molecule has 1 spiro atoms. The van der Waals surface area contributed by atoms with Crippen molar-refractivity contribution in [2.24, 2.45) is 0 Å². The highest BCUT2D eigenvalue weighted by Crippen LogP contribution is 2.49. The van der Waals surface area contributed by atoms with Gasteiger partial charge in [-0.2, -0.15) is 0 Å². The summed E-state index contributed by atoms with van der Waals surface area (Å²) in [7, 11) is 1.70. The third kappa shape index (κ3) is 3.71. The van der Waals surface area contributed by atoms with Gasteiger partial charge in [0.25, 0.3) is 0 Å². The number of halogens is 2. The summed E-state index contributed by atoms with van der Waals surface area (Å²) in [6.07, 6.45) is 5.49. The van der Waals surface area contributed by atoms with Crippen LogP contribution in [0, 0.1) is 0 Å². The fourth-order valence-electron chi connectivity index (χ4n) is 4.57. The van der Waals surface area contributed by atoms with Gasteiger partial charge in [0.05, 0.1) is 12.7 Å². The molecule has 2 atom stereocenters. The van der Waals surface area contributed by atoms with E-state index in [1.165, 1.54) is 24.8 Å². The zero-order valence-corrected chi connectivity index (χ0v) is 17.0. The normalized spacial score (nSPS) is 24.7. The second kappa shape index (κ2) is 8.00. The Morgan fingerprint density at radius 1 is 1.00 bits per heavy atom. The third-order valence-electron chi connectivity index (χ3n) is 5.97. The van der Waals surface area contributed by atoms with E-state index in [1.54, 1.807) is 7.11 Å².